The molecule has 3 N–H and O–H groups in total. The van der Waals surface area contributed by atoms with Crippen LogP contribution in [0.3, 0.4) is 0 Å². The van der Waals surface area contributed by atoms with E-state index in [1.165, 1.54) is 0 Å². The number of nitrogens with one attached hydrogen (secondary N) is 2. The summed E-state index contributed by atoms with van der Waals surface area (Å²) < 4.78 is 0. The Kier molecular flexibility index (Phi) is 4.84. The lowest BCUT2D eigenvalue weighted by Crippen LogP contribution is -2.34. The highest BCUT2D eigenvalue weighted by atomic mass is 16.3. The second kappa shape index (κ2) is 5.95. The van der Waals surface area contributed by atoms with Gasteiger partial charge >= 0.3 is 0 Å². The zero-order valence-corrected chi connectivity index (χ0v) is 11.4. The molecule has 0 fully saturated rings. The summed E-state index contributed by atoms with van der Waals surface area (Å²) in [6, 6.07) is 0. The summed E-state index contributed by atoms with van der Waals surface area (Å²) in [5.74, 6) is 0.434. The van der Waals surface area contributed by atoms with Gasteiger partial charge in [0.05, 0.1) is 6.10 Å². The number of aromatic nitrogens is 3. The number of aromatic amines is 1. The van der Waals surface area contributed by atoms with E-state index >= 15 is 0 Å². The molecule has 1 aromatic rings. The minimum atomic E-state index is -0.557. The van der Waals surface area contributed by atoms with Crippen molar-refractivity contribution in [1.29, 1.82) is 0 Å². The zero-order chi connectivity index (χ0) is 13.8. The van der Waals surface area contributed by atoms with Gasteiger partial charge in [-0.2, -0.15) is 0 Å². The molecule has 0 aliphatic rings. The normalized spacial score (nSPS) is 13.4. The van der Waals surface area contributed by atoms with E-state index in [2.05, 4.69) is 20.5 Å². The van der Waals surface area contributed by atoms with Crippen molar-refractivity contribution < 1.29 is 9.90 Å². The molecule has 0 aliphatic carbocycles. The quantitative estimate of drug-likeness (QED) is 0.728. The molecule has 1 amide bonds. The first-order valence-electron chi connectivity index (χ1n) is 6.19. The lowest BCUT2D eigenvalue weighted by atomic mass is 9.89. The number of aliphatic hydroxyl groups is 1. The number of aliphatic hydroxyl groups excluding tert-OH is 1. The maximum Gasteiger partial charge on any atom is 0.291 e. The molecule has 6 heteroatoms. The first-order chi connectivity index (χ1) is 8.31. The molecule has 1 heterocycles. The van der Waals surface area contributed by atoms with E-state index in [-0.39, 0.29) is 23.7 Å². The van der Waals surface area contributed by atoms with Crippen molar-refractivity contribution in [2.24, 2.45) is 5.41 Å². The van der Waals surface area contributed by atoms with E-state index in [0.717, 1.165) is 0 Å². The van der Waals surface area contributed by atoms with Crippen molar-refractivity contribution in [3.05, 3.63) is 11.6 Å². The fourth-order valence-corrected chi connectivity index (χ4v) is 1.62. The van der Waals surface area contributed by atoms with E-state index in [1.54, 1.807) is 0 Å². The Balaban J connectivity index is 2.41. The van der Waals surface area contributed by atoms with Crippen LogP contribution in [0.25, 0.3) is 0 Å². The van der Waals surface area contributed by atoms with Gasteiger partial charge < -0.3 is 10.4 Å². The van der Waals surface area contributed by atoms with E-state index in [4.69, 9.17) is 0 Å². The van der Waals surface area contributed by atoms with Crippen molar-refractivity contribution in [2.45, 2.75) is 46.6 Å². The van der Waals surface area contributed by atoms with Crippen LogP contribution in [0.2, 0.25) is 0 Å². The van der Waals surface area contributed by atoms with Crippen molar-refractivity contribution in [3.8, 4) is 0 Å². The molecule has 1 aromatic heterocycles. The number of H-pyrrole nitrogens is 1. The third-order valence-corrected chi connectivity index (χ3v) is 2.42. The topological polar surface area (TPSA) is 90.9 Å². The highest BCUT2D eigenvalue weighted by Crippen LogP contribution is 2.20. The van der Waals surface area contributed by atoms with Gasteiger partial charge in [0.1, 0.15) is 5.82 Å². The molecule has 0 saturated carbocycles. The molecule has 6 nitrogen and oxygen atoms in total. The average molecular weight is 254 g/mol. The lowest BCUT2D eigenvalue weighted by Gasteiger charge is -2.22. The van der Waals surface area contributed by atoms with Gasteiger partial charge in [-0.05, 0) is 11.8 Å². The standard InChI is InChI=1S/C12H22N4O2/c1-5-9-14-10(16-15-9)11(18)13-7-8(17)6-12(2,3)4/h8,17H,5-7H2,1-4H3,(H,13,18)(H,14,15,16). The van der Waals surface area contributed by atoms with Gasteiger partial charge in [-0.15, -0.1) is 5.10 Å². The van der Waals surface area contributed by atoms with Crippen molar-refractivity contribution in [1.82, 2.24) is 20.5 Å². The average Bonchev–Trinajstić information content (AvgIpc) is 2.72. The summed E-state index contributed by atoms with van der Waals surface area (Å²) in [6.45, 7) is 8.27. The van der Waals surface area contributed by atoms with Crippen LogP contribution in [0, 0.1) is 5.41 Å². The van der Waals surface area contributed by atoms with Crippen LogP contribution in [-0.2, 0) is 6.42 Å². The highest BCUT2D eigenvalue weighted by molar-refractivity contribution is 5.90. The van der Waals surface area contributed by atoms with Crippen LogP contribution in [0.1, 0.15) is 50.6 Å². The van der Waals surface area contributed by atoms with Crippen LogP contribution in [0.15, 0.2) is 0 Å². The highest BCUT2D eigenvalue weighted by Gasteiger charge is 2.18. The molecular weight excluding hydrogens is 232 g/mol. The molecule has 1 atom stereocenters. The molecule has 0 aromatic carbocycles. The SMILES string of the molecule is CCc1nc(C(=O)NCC(O)CC(C)(C)C)n[nH]1. The third-order valence-electron chi connectivity index (χ3n) is 2.42. The molecule has 18 heavy (non-hydrogen) atoms. The maximum absolute atomic E-state index is 11.7. The Morgan fingerprint density at radius 3 is 2.67 bits per heavy atom. The van der Waals surface area contributed by atoms with Gasteiger partial charge in [-0.1, -0.05) is 27.7 Å². The number of hydrogen-bond donors (Lipinski definition) is 3. The Morgan fingerprint density at radius 2 is 2.17 bits per heavy atom. The Hall–Kier alpha value is -1.43. The number of aryl methyl sites for hydroxylation is 1. The molecule has 0 bridgehead atoms. The molecule has 1 rings (SSSR count). The van der Waals surface area contributed by atoms with Gasteiger partial charge in [-0.3, -0.25) is 9.89 Å². The summed E-state index contributed by atoms with van der Waals surface area (Å²) in [5.41, 5.74) is 0.0319. The van der Waals surface area contributed by atoms with Crippen LogP contribution in [0.5, 0.6) is 0 Å². The zero-order valence-electron chi connectivity index (χ0n) is 11.4. The molecule has 0 saturated heterocycles. The minimum Gasteiger partial charge on any atom is -0.391 e. The number of hydrogen-bond acceptors (Lipinski definition) is 4. The fraction of sp³-hybridized carbons (Fsp3) is 0.750. The van der Waals surface area contributed by atoms with Crippen LogP contribution in [0.4, 0.5) is 0 Å². The van der Waals surface area contributed by atoms with Crippen LogP contribution in [-0.4, -0.2) is 38.8 Å². The number of carbonyl (C=O) groups is 1. The van der Waals surface area contributed by atoms with Gasteiger partial charge in [0.25, 0.3) is 5.91 Å². The summed E-state index contributed by atoms with van der Waals surface area (Å²) >= 11 is 0. The molecule has 0 radical (unpaired) electrons. The molecular formula is C12H22N4O2. The monoisotopic (exact) mass is 254 g/mol. The number of amides is 1. The van der Waals surface area contributed by atoms with Gasteiger partial charge in [0.2, 0.25) is 5.82 Å². The lowest BCUT2D eigenvalue weighted by molar-refractivity contribution is 0.0860. The van der Waals surface area contributed by atoms with Crippen molar-refractivity contribution in [3.63, 3.8) is 0 Å². The number of rotatable bonds is 5. The predicted octanol–water partition coefficient (Wildman–Crippen LogP) is 0.894. The molecule has 0 aliphatic heterocycles. The summed E-state index contributed by atoms with van der Waals surface area (Å²) in [5, 5.41) is 18.9. The fourth-order valence-electron chi connectivity index (χ4n) is 1.62. The number of nitrogens with zero attached hydrogens (tertiary/aromatic N) is 2. The first-order valence-corrected chi connectivity index (χ1v) is 6.19. The summed E-state index contributed by atoms with van der Waals surface area (Å²) in [4.78, 5) is 15.7. The van der Waals surface area contributed by atoms with Crippen LogP contribution >= 0.6 is 0 Å². The molecule has 0 spiro atoms. The smallest absolute Gasteiger partial charge is 0.291 e. The van der Waals surface area contributed by atoms with Crippen molar-refractivity contribution >= 4 is 5.91 Å². The molecule has 102 valence electrons. The second-order valence-electron chi connectivity index (χ2n) is 5.59. The van der Waals surface area contributed by atoms with E-state index in [1.807, 2.05) is 27.7 Å². The largest absolute Gasteiger partial charge is 0.391 e. The third kappa shape index (κ3) is 4.83. The van der Waals surface area contributed by atoms with E-state index in [9.17, 15) is 9.90 Å². The predicted molar refractivity (Wildman–Crippen MR) is 68.2 cm³/mol. The minimum absolute atomic E-state index is 0.0319. The van der Waals surface area contributed by atoms with E-state index < -0.39 is 6.10 Å². The Morgan fingerprint density at radius 1 is 1.50 bits per heavy atom. The Labute approximate surface area is 107 Å². The molecule has 1 unspecified atom stereocenters. The van der Waals surface area contributed by atoms with Crippen LogP contribution < -0.4 is 5.32 Å². The first kappa shape index (κ1) is 14.6. The van der Waals surface area contributed by atoms with Gasteiger partial charge in [-0.25, -0.2) is 4.98 Å². The Bertz CT molecular complexity index is 395. The van der Waals surface area contributed by atoms with Gasteiger partial charge in [0, 0.05) is 13.0 Å². The summed E-state index contributed by atoms with van der Waals surface area (Å²) in [7, 11) is 0. The second-order valence-corrected chi connectivity index (χ2v) is 5.59. The van der Waals surface area contributed by atoms with E-state index in [0.29, 0.717) is 18.7 Å². The maximum atomic E-state index is 11.7. The van der Waals surface area contributed by atoms with Gasteiger partial charge in [0.15, 0.2) is 0 Å². The summed E-state index contributed by atoms with van der Waals surface area (Å²) in [6.07, 6.45) is 0.771. The number of carbonyl (C=O) groups excluding carboxylic acids is 1. The van der Waals surface area contributed by atoms with Crippen molar-refractivity contribution in [2.75, 3.05) is 6.54 Å².